The molecular weight excluding hydrogens is 272 g/mol. The number of methoxy groups -OCH3 is 1. The second-order valence-corrected chi connectivity index (χ2v) is 4.70. The topological polar surface area (TPSA) is 35.5 Å². The number of esters is 1. The first-order valence-corrected chi connectivity index (χ1v) is 5.84. The lowest BCUT2D eigenvalue weighted by Gasteiger charge is -2.10. The van der Waals surface area contributed by atoms with E-state index in [4.69, 9.17) is 4.74 Å². The number of carbonyl (C=O) groups is 1. The van der Waals surface area contributed by atoms with Gasteiger partial charge in [0, 0.05) is 0 Å². The maximum Gasteiger partial charge on any atom is 0.337 e. The molecule has 0 spiro atoms. The summed E-state index contributed by atoms with van der Waals surface area (Å²) in [6.45, 7) is 4.81. The van der Waals surface area contributed by atoms with Crippen LogP contribution in [0.1, 0.15) is 24.2 Å². The van der Waals surface area contributed by atoms with E-state index in [1.165, 1.54) is 7.11 Å². The smallest absolute Gasteiger partial charge is 0.337 e. The van der Waals surface area contributed by atoms with Gasteiger partial charge in [0.2, 0.25) is 0 Å². The molecule has 3 nitrogen and oxygen atoms in total. The molecule has 0 heterocycles. The minimum absolute atomic E-state index is 0.351. The van der Waals surface area contributed by atoms with E-state index >= 15 is 0 Å². The zero-order valence-electron chi connectivity index (χ0n) is 9.62. The van der Waals surface area contributed by atoms with Crippen molar-refractivity contribution in [2.75, 3.05) is 13.7 Å². The molecule has 0 N–H and O–H groups in total. The Kier molecular flexibility index (Phi) is 4.80. The van der Waals surface area contributed by atoms with E-state index in [0.717, 1.165) is 10.2 Å². The van der Waals surface area contributed by atoms with Crippen LogP contribution in [0.4, 0.5) is 0 Å². The van der Waals surface area contributed by atoms with E-state index in [9.17, 15) is 4.79 Å². The fourth-order valence-electron chi connectivity index (χ4n) is 1.12. The summed E-state index contributed by atoms with van der Waals surface area (Å²) in [5, 5.41) is 0. The van der Waals surface area contributed by atoms with Crippen molar-refractivity contribution in [1.82, 2.24) is 0 Å². The molecule has 0 aliphatic carbocycles. The number of carbonyl (C=O) groups excluding carboxylic acids is 1. The standard InChI is InChI=1S/C12H15BrO3/c1-8(2)7-16-11-5-4-9(6-10(11)13)12(14)15-3/h4-6,8H,7H2,1-3H3. The number of ether oxygens (including phenoxy) is 2. The second-order valence-electron chi connectivity index (χ2n) is 3.84. The van der Waals surface area contributed by atoms with Crippen LogP contribution in [0.15, 0.2) is 22.7 Å². The summed E-state index contributed by atoms with van der Waals surface area (Å²) >= 11 is 3.36. The molecule has 0 radical (unpaired) electrons. The molecule has 0 aliphatic rings. The van der Waals surface area contributed by atoms with Gasteiger partial charge in [-0.2, -0.15) is 0 Å². The fraction of sp³-hybridized carbons (Fsp3) is 0.417. The van der Waals surface area contributed by atoms with Gasteiger partial charge in [0.15, 0.2) is 0 Å². The lowest BCUT2D eigenvalue weighted by atomic mass is 10.2. The Morgan fingerprint density at radius 2 is 2.12 bits per heavy atom. The summed E-state index contributed by atoms with van der Waals surface area (Å²) in [4.78, 5) is 11.3. The van der Waals surface area contributed by atoms with Crippen molar-refractivity contribution in [3.63, 3.8) is 0 Å². The van der Waals surface area contributed by atoms with Crippen molar-refractivity contribution >= 4 is 21.9 Å². The molecule has 1 rings (SSSR count). The second kappa shape index (κ2) is 5.89. The van der Waals surface area contributed by atoms with Crippen molar-refractivity contribution in [3.8, 4) is 5.75 Å². The average Bonchev–Trinajstić information content (AvgIpc) is 2.26. The van der Waals surface area contributed by atoms with Gasteiger partial charge in [-0.05, 0) is 40.0 Å². The van der Waals surface area contributed by atoms with Gasteiger partial charge in [-0.3, -0.25) is 0 Å². The van der Waals surface area contributed by atoms with Crippen LogP contribution in [0, 0.1) is 5.92 Å². The molecule has 0 saturated heterocycles. The van der Waals surface area contributed by atoms with Crippen LogP contribution in [0.5, 0.6) is 5.75 Å². The van der Waals surface area contributed by atoms with Crippen molar-refractivity contribution in [1.29, 1.82) is 0 Å². The van der Waals surface area contributed by atoms with Gasteiger partial charge in [-0.25, -0.2) is 4.79 Å². The first-order valence-electron chi connectivity index (χ1n) is 5.05. The Morgan fingerprint density at radius 3 is 2.62 bits per heavy atom. The molecular formula is C12H15BrO3. The molecule has 1 aromatic rings. The molecule has 0 unspecified atom stereocenters. The molecule has 0 saturated carbocycles. The van der Waals surface area contributed by atoms with Crippen LogP contribution in [-0.4, -0.2) is 19.7 Å². The highest BCUT2D eigenvalue weighted by Crippen LogP contribution is 2.26. The minimum Gasteiger partial charge on any atom is -0.492 e. The quantitative estimate of drug-likeness (QED) is 0.797. The zero-order valence-corrected chi connectivity index (χ0v) is 11.2. The Labute approximate surface area is 104 Å². The minimum atomic E-state index is -0.351. The third-order valence-corrected chi connectivity index (χ3v) is 2.54. The van der Waals surface area contributed by atoms with Crippen molar-refractivity contribution in [2.24, 2.45) is 5.92 Å². The van der Waals surface area contributed by atoms with E-state index in [0.29, 0.717) is 18.1 Å². The molecule has 0 aromatic heterocycles. The maximum atomic E-state index is 11.3. The molecule has 88 valence electrons. The van der Waals surface area contributed by atoms with Gasteiger partial charge in [-0.15, -0.1) is 0 Å². The van der Waals surface area contributed by atoms with Crippen LogP contribution in [0.2, 0.25) is 0 Å². The first kappa shape index (κ1) is 13.0. The zero-order chi connectivity index (χ0) is 12.1. The van der Waals surface area contributed by atoms with Crippen LogP contribution in [0.25, 0.3) is 0 Å². The molecule has 4 heteroatoms. The fourth-order valence-corrected chi connectivity index (χ4v) is 1.61. The highest BCUT2D eigenvalue weighted by atomic mass is 79.9. The van der Waals surface area contributed by atoms with Gasteiger partial charge in [0.1, 0.15) is 5.75 Å². The summed E-state index contributed by atoms with van der Waals surface area (Å²) in [5.41, 5.74) is 0.506. The predicted octanol–water partition coefficient (Wildman–Crippen LogP) is 3.27. The van der Waals surface area contributed by atoms with Crippen LogP contribution in [-0.2, 0) is 4.74 Å². The molecule has 0 aliphatic heterocycles. The van der Waals surface area contributed by atoms with Gasteiger partial charge in [0.25, 0.3) is 0 Å². The monoisotopic (exact) mass is 286 g/mol. The highest BCUT2D eigenvalue weighted by molar-refractivity contribution is 9.10. The highest BCUT2D eigenvalue weighted by Gasteiger charge is 2.09. The Balaban J connectivity index is 2.79. The SMILES string of the molecule is COC(=O)c1ccc(OCC(C)C)c(Br)c1. The van der Waals surface area contributed by atoms with Crippen LogP contribution >= 0.6 is 15.9 Å². The molecule has 0 fully saturated rings. The summed E-state index contributed by atoms with van der Waals surface area (Å²) in [7, 11) is 1.36. The predicted molar refractivity (Wildman–Crippen MR) is 65.8 cm³/mol. The molecule has 0 bridgehead atoms. The maximum absolute atomic E-state index is 11.3. The molecule has 16 heavy (non-hydrogen) atoms. The van der Waals surface area contributed by atoms with Gasteiger partial charge in [0.05, 0.1) is 23.8 Å². The average molecular weight is 287 g/mol. The van der Waals surface area contributed by atoms with E-state index in [1.807, 2.05) is 0 Å². The number of rotatable bonds is 4. The van der Waals surface area contributed by atoms with Crippen LogP contribution < -0.4 is 4.74 Å². The van der Waals surface area contributed by atoms with E-state index < -0.39 is 0 Å². The van der Waals surface area contributed by atoms with Crippen molar-refractivity contribution in [2.45, 2.75) is 13.8 Å². The van der Waals surface area contributed by atoms with E-state index in [2.05, 4.69) is 34.5 Å². The van der Waals surface area contributed by atoms with Gasteiger partial charge >= 0.3 is 5.97 Å². The summed E-state index contributed by atoms with van der Waals surface area (Å²) in [5.74, 6) is 0.852. The van der Waals surface area contributed by atoms with Crippen molar-refractivity contribution < 1.29 is 14.3 Å². The van der Waals surface area contributed by atoms with E-state index in [1.54, 1.807) is 18.2 Å². The Bertz CT molecular complexity index is 375. The Morgan fingerprint density at radius 1 is 1.44 bits per heavy atom. The number of hydrogen-bond donors (Lipinski definition) is 0. The third-order valence-electron chi connectivity index (χ3n) is 1.93. The van der Waals surface area contributed by atoms with Crippen molar-refractivity contribution in [3.05, 3.63) is 28.2 Å². The summed E-state index contributed by atoms with van der Waals surface area (Å²) in [6.07, 6.45) is 0. The van der Waals surface area contributed by atoms with E-state index in [-0.39, 0.29) is 5.97 Å². The number of hydrogen-bond acceptors (Lipinski definition) is 3. The first-order chi connectivity index (χ1) is 7.54. The summed E-state index contributed by atoms with van der Waals surface area (Å²) in [6, 6.07) is 5.15. The molecule has 0 atom stereocenters. The third kappa shape index (κ3) is 3.52. The number of halogens is 1. The van der Waals surface area contributed by atoms with Crippen LogP contribution in [0.3, 0.4) is 0 Å². The normalized spacial score (nSPS) is 10.3. The molecule has 0 amide bonds. The summed E-state index contributed by atoms with van der Waals surface area (Å²) < 4.78 is 11.0. The Hall–Kier alpha value is -1.03. The lowest BCUT2D eigenvalue weighted by molar-refractivity contribution is 0.0600. The lowest BCUT2D eigenvalue weighted by Crippen LogP contribution is -2.06. The van der Waals surface area contributed by atoms with Gasteiger partial charge < -0.3 is 9.47 Å². The largest absolute Gasteiger partial charge is 0.492 e. The van der Waals surface area contributed by atoms with Gasteiger partial charge in [-0.1, -0.05) is 13.8 Å². The molecule has 1 aromatic carbocycles. The number of benzene rings is 1.